The van der Waals surface area contributed by atoms with Gasteiger partial charge in [-0.3, -0.25) is 0 Å². The van der Waals surface area contributed by atoms with Gasteiger partial charge in [-0.1, -0.05) is 18.2 Å². The topological polar surface area (TPSA) is 25.0 Å². The number of para-hydroxylation sites is 1. The second kappa shape index (κ2) is 3.14. The summed E-state index contributed by atoms with van der Waals surface area (Å²) in [5, 5.41) is 1.32. The maximum atomic E-state index is 5.57. The number of ether oxygens (including phenoxy) is 1. The average Bonchev–Trinajstić information content (AvgIpc) is 2.42. The minimum Gasteiger partial charge on any atom is -0.377 e. The summed E-state index contributed by atoms with van der Waals surface area (Å²) in [7, 11) is 0. The van der Waals surface area contributed by atoms with Crippen molar-refractivity contribution in [2.24, 2.45) is 0 Å². The zero-order valence-electron chi connectivity index (χ0n) is 8.05. The van der Waals surface area contributed by atoms with Gasteiger partial charge in [-0.15, -0.1) is 0 Å². The zero-order valence-corrected chi connectivity index (χ0v) is 8.05. The largest absolute Gasteiger partial charge is 0.377 e. The van der Waals surface area contributed by atoms with Gasteiger partial charge in [-0.05, 0) is 18.9 Å². The number of fused-ring (bicyclic) bond motifs is 3. The van der Waals surface area contributed by atoms with E-state index in [-0.39, 0.29) is 0 Å². The summed E-state index contributed by atoms with van der Waals surface area (Å²) < 4.78 is 5.57. The summed E-state index contributed by atoms with van der Waals surface area (Å²) in [6.45, 7) is 1.65. The molecule has 0 aliphatic carbocycles. The van der Waals surface area contributed by atoms with Crippen LogP contribution in [0.15, 0.2) is 24.3 Å². The molecule has 2 nitrogen and oxygen atoms in total. The summed E-state index contributed by atoms with van der Waals surface area (Å²) in [4.78, 5) is 3.48. The first-order valence-corrected chi connectivity index (χ1v) is 5.11. The number of hydrogen-bond donors (Lipinski definition) is 1. The minimum absolute atomic E-state index is 0.763. The van der Waals surface area contributed by atoms with Crippen molar-refractivity contribution in [3.8, 4) is 0 Å². The molecular formula is C12H13NO. The van der Waals surface area contributed by atoms with Gasteiger partial charge in [0.05, 0.1) is 6.61 Å². The van der Waals surface area contributed by atoms with Crippen LogP contribution in [0, 0.1) is 0 Å². The molecule has 1 N–H and O–H groups in total. The normalized spacial score (nSPS) is 16.6. The van der Waals surface area contributed by atoms with Crippen LogP contribution in [0.25, 0.3) is 10.9 Å². The Labute approximate surface area is 82.9 Å². The van der Waals surface area contributed by atoms with Crippen molar-refractivity contribution in [2.45, 2.75) is 19.4 Å². The van der Waals surface area contributed by atoms with Crippen molar-refractivity contribution in [1.82, 2.24) is 4.98 Å². The Bertz CT molecular complexity index is 458. The van der Waals surface area contributed by atoms with E-state index in [0.717, 1.165) is 26.1 Å². The van der Waals surface area contributed by atoms with Crippen molar-refractivity contribution < 1.29 is 4.74 Å². The third-order valence-corrected chi connectivity index (χ3v) is 2.86. The number of rotatable bonds is 0. The minimum atomic E-state index is 0.763. The second-order valence-corrected chi connectivity index (χ2v) is 3.78. The molecule has 0 amide bonds. The standard InChI is InChI=1S/C12H13NO/c1-2-5-11-9(4-1)10-8-14-7-3-6-12(10)13-11/h1-2,4-5,13H,3,6-8H2. The lowest BCUT2D eigenvalue weighted by molar-refractivity contribution is 0.125. The van der Waals surface area contributed by atoms with Gasteiger partial charge in [-0.25, -0.2) is 0 Å². The maximum Gasteiger partial charge on any atom is 0.0740 e. The summed E-state index contributed by atoms with van der Waals surface area (Å²) in [5.74, 6) is 0. The van der Waals surface area contributed by atoms with E-state index in [1.807, 2.05) is 0 Å². The second-order valence-electron chi connectivity index (χ2n) is 3.78. The highest BCUT2D eigenvalue weighted by molar-refractivity contribution is 5.84. The number of benzene rings is 1. The fraction of sp³-hybridized carbons (Fsp3) is 0.333. The van der Waals surface area contributed by atoms with Gasteiger partial charge >= 0.3 is 0 Å². The van der Waals surface area contributed by atoms with Gasteiger partial charge in [0.1, 0.15) is 0 Å². The van der Waals surface area contributed by atoms with Crippen LogP contribution in [-0.4, -0.2) is 11.6 Å². The molecular weight excluding hydrogens is 174 g/mol. The van der Waals surface area contributed by atoms with Crippen LogP contribution in [0.5, 0.6) is 0 Å². The molecule has 1 aromatic carbocycles. The van der Waals surface area contributed by atoms with Crippen LogP contribution >= 0.6 is 0 Å². The molecule has 1 aromatic heterocycles. The maximum absolute atomic E-state index is 5.57. The first kappa shape index (κ1) is 8.06. The molecule has 14 heavy (non-hydrogen) atoms. The molecule has 2 heterocycles. The fourth-order valence-electron chi connectivity index (χ4n) is 2.16. The van der Waals surface area contributed by atoms with E-state index >= 15 is 0 Å². The Morgan fingerprint density at radius 3 is 3.14 bits per heavy atom. The Hall–Kier alpha value is -1.28. The van der Waals surface area contributed by atoms with E-state index in [0.29, 0.717) is 0 Å². The van der Waals surface area contributed by atoms with Crippen LogP contribution in [0.1, 0.15) is 17.7 Å². The van der Waals surface area contributed by atoms with Crippen LogP contribution in [0.4, 0.5) is 0 Å². The lowest BCUT2D eigenvalue weighted by atomic mass is 10.1. The predicted octanol–water partition coefficient (Wildman–Crippen LogP) is 2.63. The predicted molar refractivity (Wildman–Crippen MR) is 56.3 cm³/mol. The molecule has 2 heteroatoms. The van der Waals surface area contributed by atoms with Crippen molar-refractivity contribution in [3.05, 3.63) is 35.5 Å². The SMILES string of the molecule is c1ccc2c3c([nH]c2c1)CCCOC3. The zero-order chi connectivity index (χ0) is 9.38. The van der Waals surface area contributed by atoms with Gasteiger partial charge in [-0.2, -0.15) is 0 Å². The first-order valence-electron chi connectivity index (χ1n) is 5.11. The molecule has 2 aromatic rings. The molecule has 0 bridgehead atoms. The Kier molecular flexibility index (Phi) is 1.81. The molecule has 0 saturated carbocycles. The van der Waals surface area contributed by atoms with Crippen LogP contribution < -0.4 is 0 Å². The van der Waals surface area contributed by atoms with Gasteiger partial charge in [0.15, 0.2) is 0 Å². The third-order valence-electron chi connectivity index (χ3n) is 2.86. The van der Waals surface area contributed by atoms with E-state index < -0.39 is 0 Å². The average molecular weight is 187 g/mol. The van der Waals surface area contributed by atoms with Crippen LogP contribution in [0.3, 0.4) is 0 Å². The molecule has 3 rings (SSSR count). The van der Waals surface area contributed by atoms with Crippen molar-refractivity contribution >= 4 is 10.9 Å². The van der Waals surface area contributed by atoms with Gasteiger partial charge in [0.25, 0.3) is 0 Å². The Morgan fingerprint density at radius 2 is 2.14 bits per heavy atom. The lowest BCUT2D eigenvalue weighted by Gasteiger charge is -1.98. The van der Waals surface area contributed by atoms with Crippen molar-refractivity contribution in [3.63, 3.8) is 0 Å². The molecule has 0 spiro atoms. The molecule has 1 aliphatic rings. The molecule has 1 aliphatic heterocycles. The fourth-order valence-corrected chi connectivity index (χ4v) is 2.16. The number of hydrogen-bond acceptors (Lipinski definition) is 1. The number of aromatic nitrogens is 1. The van der Waals surface area contributed by atoms with E-state index in [1.54, 1.807) is 0 Å². The highest BCUT2D eigenvalue weighted by Crippen LogP contribution is 2.25. The summed E-state index contributed by atoms with van der Waals surface area (Å²) in [6.07, 6.45) is 2.24. The van der Waals surface area contributed by atoms with Gasteiger partial charge in [0, 0.05) is 28.8 Å². The number of aromatic amines is 1. The molecule has 0 radical (unpaired) electrons. The van der Waals surface area contributed by atoms with Crippen molar-refractivity contribution in [1.29, 1.82) is 0 Å². The Balaban J connectivity index is 2.24. The van der Waals surface area contributed by atoms with E-state index in [1.165, 1.54) is 22.2 Å². The lowest BCUT2D eigenvalue weighted by Crippen LogP contribution is -1.89. The highest BCUT2D eigenvalue weighted by Gasteiger charge is 2.13. The molecule has 0 fully saturated rings. The van der Waals surface area contributed by atoms with Gasteiger partial charge < -0.3 is 9.72 Å². The monoisotopic (exact) mass is 187 g/mol. The van der Waals surface area contributed by atoms with Gasteiger partial charge in [0.2, 0.25) is 0 Å². The van der Waals surface area contributed by atoms with Crippen LogP contribution in [-0.2, 0) is 17.8 Å². The summed E-state index contributed by atoms with van der Waals surface area (Å²) >= 11 is 0. The molecule has 72 valence electrons. The first-order chi connectivity index (χ1) is 6.95. The van der Waals surface area contributed by atoms with Crippen LogP contribution in [0.2, 0.25) is 0 Å². The van der Waals surface area contributed by atoms with E-state index in [2.05, 4.69) is 29.2 Å². The van der Waals surface area contributed by atoms with E-state index in [4.69, 9.17) is 4.74 Å². The number of aryl methyl sites for hydroxylation is 1. The van der Waals surface area contributed by atoms with Crippen molar-refractivity contribution in [2.75, 3.05) is 6.61 Å². The number of nitrogens with one attached hydrogen (secondary N) is 1. The molecule has 0 atom stereocenters. The molecule has 0 saturated heterocycles. The summed E-state index contributed by atoms with van der Waals surface area (Å²) in [5.41, 5.74) is 3.96. The smallest absolute Gasteiger partial charge is 0.0740 e. The Morgan fingerprint density at radius 1 is 1.21 bits per heavy atom. The highest BCUT2D eigenvalue weighted by atomic mass is 16.5. The third kappa shape index (κ3) is 1.15. The van der Waals surface area contributed by atoms with E-state index in [9.17, 15) is 0 Å². The molecule has 0 unspecified atom stereocenters. The quantitative estimate of drug-likeness (QED) is 0.673. The number of H-pyrrole nitrogens is 1. The summed E-state index contributed by atoms with van der Waals surface area (Å²) in [6, 6.07) is 8.45.